The maximum atomic E-state index is 14.1. The molecule has 2 aromatic carbocycles. The van der Waals surface area contributed by atoms with E-state index in [4.69, 9.17) is 0 Å². The fourth-order valence-electron chi connectivity index (χ4n) is 2.47. The molecule has 1 N–H and O–H groups in total. The summed E-state index contributed by atoms with van der Waals surface area (Å²) in [7, 11) is -4.01. The molecule has 0 aliphatic heterocycles. The van der Waals surface area contributed by atoms with Crippen molar-refractivity contribution in [3.63, 3.8) is 0 Å². The number of amides is 1. The lowest BCUT2D eigenvalue weighted by atomic mass is 10.1. The van der Waals surface area contributed by atoms with Crippen molar-refractivity contribution in [2.75, 3.05) is 15.9 Å². The van der Waals surface area contributed by atoms with Crippen LogP contribution in [0.2, 0.25) is 0 Å². The summed E-state index contributed by atoms with van der Waals surface area (Å²) in [5.41, 5.74) is -0.323. The van der Waals surface area contributed by atoms with Crippen LogP contribution in [0.3, 0.4) is 0 Å². The van der Waals surface area contributed by atoms with Crippen molar-refractivity contribution < 1.29 is 26.4 Å². The molecule has 26 heavy (non-hydrogen) atoms. The average molecular weight is 386 g/mol. The van der Waals surface area contributed by atoms with Gasteiger partial charge in [-0.15, -0.1) is 0 Å². The molecule has 140 valence electrons. The Hall–Kier alpha value is -2.55. The highest BCUT2D eigenvalue weighted by Crippen LogP contribution is 2.26. The van der Waals surface area contributed by atoms with Gasteiger partial charge in [0.1, 0.15) is 11.9 Å². The van der Waals surface area contributed by atoms with Crippen LogP contribution in [0.5, 0.6) is 0 Å². The monoisotopic (exact) mass is 386 g/mol. The number of carbonyl (C=O) groups excluding carboxylic acids is 1. The molecule has 0 aromatic heterocycles. The molecule has 1 unspecified atom stereocenters. The summed E-state index contributed by atoms with van der Waals surface area (Å²) in [5, 5.41) is 2.33. The van der Waals surface area contributed by atoms with Crippen LogP contribution in [0.4, 0.5) is 24.5 Å². The number of carbonyl (C=O) groups is 1. The van der Waals surface area contributed by atoms with Crippen LogP contribution in [0.1, 0.15) is 13.3 Å². The van der Waals surface area contributed by atoms with Gasteiger partial charge in [-0.3, -0.25) is 9.10 Å². The van der Waals surface area contributed by atoms with Gasteiger partial charge in [0, 0.05) is 11.8 Å². The molecule has 1 amide bonds. The first-order chi connectivity index (χ1) is 12.1. The molecule has 0 bridgehead atoms. The van der Waals surface area contributed by atoms with Crippen LogP contribution in [-0.2, 0) is 14.8 Å². The van der Waals surface area contributed by atoms with Crippen LogP contribution in [0.15, 0.2) is 42.5 Å². The summed E-state index contributed by atoms with van der Waals surface area (Å²) in [6.07, 6.45) is 0.879. The van der Waals surface area contributed by atoms with Crippen molar-refractivity contribution in [2.45, 2.75) is 19.4 Å². The van der Waals surface area contributed by atoms with Gasteiger partial charge in [-0.1, -0.05) is 19.1 Å². The van der Waals surface area contributed by atoms with Gasteiger partial charge in [0.15, 0.2) is 11.6 Å². The summed E-state index contributed by atoms with van der Waals surface area (Å²) < 4.78 is 65.5. The zero-order valence-electron chi connectivity index (χ0n) is 14.0. The van der Waals surface area contributed by atoms with Gasteiger partial charge < -0.3 is 5.32 Å². The van der Waals surface area contributed by atoms with E-state index in [1.807, 2.05) is 0 Å². The van der Waals surface area contributed by atoms with Crippen LogP contribution >= 0.6 is 0 Å². The van der Waals surface area contributed by atoms with Crippen LogP contribution in [-0.4, -0.2) is 26.6 Å². The first kappa shape index (κ1) is 19.8. The van der Waals surface area contributed by atoms with Gasteiger partial charge in [-0.25, -0.2) is 21.6 Å². The third kappa shape index (κ3) is 4.34. The van der Waals surface area contributed by atoms with Gasteiger partial charge in [-0.2, -0.15) is 0 Å². The van der Waals surface area contributed by atoms with E-state index in [0.717, 1.165) is 30.5 Å². The fourth-order valence-corrected chi connectivity index (χ4v) is 3.68. The lowest BCUT2D eigenvalue weighted by molar-refractivity contribution is -0.117. The number of nitrogens with one attached hydrogen (secondary N) is 1. The summed E-state index contributed by atoms with van der Waals surface area (Å²) in [4.78, 5) is 12.6. The maximum Gasteiger partial charge on any atom is 0.248 e. The predicted octanol–water partition coefficient (Wildman–Crippen LogP) is 3.29. The fraction of sp³-hybridized carbons (Fsp3) is 0.235. The Morgan fingerprint density at radius 2 is 1.73 bits per heavy atom. The number of nitrogens with zero attached hydrogens (tertiary/aromatic N) is 1. The molecule has 0 aliphatic carbocycles. The summed E-state index contributed by atoms with van der Waals surface area (Å²) in [6.45, 7) is 1.55. The maximum absolute atomic E-state index is 14.1. The highest BCUT2D eigenvalue weighted by atomic mass is 32.2. The number of hydrogen-bond acceptors (Lipinski definition) is 3. The number of hydrogen-bond donors (Lipinski definition) is 1. The molecule has 0 radical (unpaired) electrons. The van der Waals surface area contributed by atoms with E-state index < -0.39 is 39.4 Å². The zero-order valence-corrected chi connectivity index (χ0v) is 14.9. The van der Waals surface area contributed by atoms with Crippen molar-refractivity contribution in [3.8, 4) is 0 Å². The minimum atomic E-state index is -4.01. The van der Waals surface area contributed by atoms with Gasteiger partial charge in [0.05, 0.1) is 11.9 Å². The van der Waals surface area contributed by atoms with E-state index >= 15 is 0 Å². The molecule has 0 saturated carbocycles. The second kappa shape index (κ2) is 7.77. The van der Waals surface area contributed by atoms with E-state index in [2.05, 4.69) is 5.32 Å². The third-order valence-corrected chi connectivity index (χ3v) is 4.77. The Kier molecular flexibility index (Phi) is 5.91. The third-order valence-electron chi connectivity index (χ3n) is 3.61. The largest absolute Gasteiger partial charge is 0.324 e. The minimum Gasteiger partial charge on any atom is -0.324 e. The normalized spacial score (nSPS) is 12.5. The second-order valence-electron chi connectivity index (χ2n) is 5.55. The standard InChI is InChI=1S/C17H17F3N2O3S/c1-3-15(17(23)21-11-8-9-12(18)14(20)10-11)22(26(2,24)25)16-7-5-4-6-13(16)19/h4-10,15H,3H2,1-2H3,(H,21,23). The lowest BCUT2D eigenvalue weighted by Crippen LogP contribution is -2.47. The molecule has 2 rings (SSSR count). The molecule has 0 aliphatic rings. The number of halogens is 3. The van der Waals surface area contributed by atoms with Crippen molar-refractivity contribution in [1.29, 1.82) is 0 Å². The Balaban J connectivity index is 2.40. The second-order valence-corrected chi connectivity index (χ2v) is 7.41. The number of anilines is 2. The Labute approximate surface area is 149 Å². The van der Waals surface area contributed by atoms with Crippen molar-refractivity contribution >= 4 is 27.3 Å². The van der Waals surface area contributed by atoms with Crippen molar-refractivity contribution in [3.05, 3.63) is 59.9 Å². The Morgan fingerprint density at radius 3 is 2.27 bits per heavy atom. The van der Waals surface area contributed by atoms with Crippen LogP contribution < -0.4 is 9.62 Å². The molecule has 1 atom stereocenters. The Bertz CT molecular complexity index is 919. The molecule has 0 spiro atoms. The lowest BCUT2D eigenvalue weighted by Gasteiger charge is -2.30. The van der Waals surface area contributed by atoms with Crippen molar-refractivity contribution in [2.24, 2.45) is 0 Å². The topological polar surface area (TPSA) is 66.5 Å². The van der Waals surface area contributed by atoms with E-state index in [1.54, 1.807) is 6.92 Å². The number of para-hydroxylation sites is 1. The molecular weight excluding hydrogens is 369 g/mol. The summed E-state index contributed by atoms with van der Waals surface area (Å²) >= 11 is 0. The van der Waals surface area contributed by atoms with E-state index in [9.17, 15) is 26.4 Å². The molecule has 9 heteroatoms. The number of rotatable bonds is 6. The quantitative estimate of drug-likeness (QED) is 0.829. The first-order valence-corrected chi connectivity index (χ1v) is 9.49. The molecule has 0 saturated heterocycles. The van der Waals surface area contributed by atoms with Gasteiger partial charge >= 0.3 is 0 Å². The van der Waals surface area contributed by atoms with E-state index in [0.29, 0.717) is 4.31 Å². The van der Waals surface area contributed by atoms with Gasteiger partial charge in [0.25, 0.3) is 0 Å². The molecule has 5 nitrogen and oxygen atoms in total. The van der Waals surface area contributed by atoms with Gasteiger partial charge in [0.2, 0.25) is 15.9 Å². The highest BCUT2D eigenvalue weighted by Gasteiger charge is 2.33. The molecule has 2 aromatic rings. The smallest absolute Gasteiger partial charge is 0.248 e. The van der Waals surface area contributed by atoms with Gasteiger partial charge in [-0.05, 0) is 30.7 Å². The van der Waals surface area contributed by atoms with E-state index in [-0.39, 0.29) is 17.8 Å². The summed E-state index contributed by atoms with van der Waals surface area (Å²) in [6, 6.07) is 6.60. The van der Waals surface area contributed by atoms with Crippen molar-refractivity contribution in [1.82, 2.24) is 0 Å². The predicted molar refractivity (Wildman–Crippen MR) is 92.8 cm³/mol. The molecule has 0 heterocycles. The Morgan fingerprint density at radius 1 is 1.08 bits per heavy atom. The molecular formula is C17H17F3N2O3S. The number of sulfonamides is 1. The van der Waals surface area contributed by atoms with Crippen LogP contribution in [0.25, 0.3) is 0 Å². The number of benzene rings is 2. The summed E-state index contributed by atoms with van der Waals surface area (Å²) in [5.74, 6) is -3.85. The van der Waals surface area contributed by atoms with Crippen LogP contribution in [0, 0.1) is 17.5 Å². The first-order valence-electron chi connectivity index (χ1n) is 7.65. The zero-order chi connectivity index (χ0) is 19.5. The molecule has 0 fully saturated rings. The highest BCUT2D eigenvalue weighted by molar-refractivity contribution is 7.92. The minimum absolute atomic E-state index is 0.0247. The average Bonchev–Trinajstić information content (AvgIpc) is 2.55. The SMILES string of the molecule is CCC(C(=O)Nc1ccc(F)c(F)c1)N(c1ccccc1F)S(C)(=O)=O. The van der Waals surface area contributed by atoms with E-state index in [1.165, 1.54) is 18.2 Å².